The molecule has 0 saturated heterocycles. The second-order valence-corrected chi connectivity index (χ2v) is 6.55. The van der Waals surface area contributed by atoms with E-state index in [0.29, 0.717) is 35.1 Å². The van der Waals surface area contributed by atoms with E-state index in [4.69, 9.17) is 22.1 Å². The van der Waals surface area contributed by atoms with E-state index in [0.717, 1.165) is 5.69 Å². The lowest BCUT2D eigenvalue weighted by Gasteiger charge is -2.41. The molecule has 1 heterocycles. The van der Waals surface area contributed by atoms with Crippen molar-refractivity contribution >= 4 is 23.0 Å². The second kappa shape index (κ2) is 5.36. The highest BCUT2D eigenvalue weighted by molar-refractivity contribution is 6.31. The molecule has 22 heavy (non-hydrogen) atoms. The predicted molar refractivity (Wildman–Crippen MR) is 88.0 cm³/mol. The van der Waals surface area contributed by atoms with E-state index < -0.39 is 5.60 Å². The van der Waals surface area contributed by atoms with Gasteiger partial charge in [0.15, 0.2) is 0 Å². The van der Waals surface area contributed by atoms with Gasteiger partial charge in [-0.25, -0.2) is 4.39 Å². The molecule has 0 fully saturated rings. The predicted octanol–water partition coefficient (Wildman–Crippen LogP) is 4.24. The Kier molecular flexibility index (Phi) is 3.65. The SMILES string of the molecule is CC1(C)CN(Cc2c(F)cccc2Cl)c2ccc(N)cc2O1. The molecule has 2 aromatic carbocycles. The fourth-order valence-electron chi connectivity index (χ4n) is 2.76. The molecule has 0 aliphatic carbocycles. The summed E-state index contributed by atoms with van der Waals surface area (Å²) in [7, 11) is 0. The van der Waals surface area contributed by atoms with Gasteiger partial charge < -0.3 is 15.4 Å². The van der Waals surface area contributed by atoms with Crippen molar-refractivity contribution in [3.63, 3.8) is 0 Å². The van der Waals surface area contributed by atoms with Crippen molar-refractivity contribution in [1.82, 2.24) is 0 Å². The van der Waals surface area contributed by atoms with Gasteiger partial charge in [-0.2, -0.15) is 0 Å². The molecule has 1 aliphatic rings. The van der Waals surface area contributed by atoms with Crippen LogP contribution in [0.3, 0.4) is 0 Å². The van der Waals surface area contributed by atoms with Crippen LogP contribution in [0.2, 0.25) is 5.02 Å². The maximum Gasteiger partial charge on any atom is 0.145 e. The average molecular weight is 321 g/mol. The molecule has 0 aromatic heterocycles. The van der Waals surface area contributed by atoms with Gasteiger partial charge in [-0.1, -0.05) is 17.7 Å². The van der Waals surface area contributed by atoms with Crippen LogP contribution in [0.25, 0.3) is 0 Å². The first kappa shape index (κ1) is 15.0. The molecular weight excluding hydrogens is 303 g/mol. The van der Waals surface area contributed by atoms with Crippen molar-refractivity contribution in [2.45, 2.75) is 26.0 Å². The zero-order valence-corrected chi connectivity index (χ0v) is 13.3. The van der Waals surface area contributed by atoms with Crippen LogP contribution < -0.4 is 15.4 Å². The Bertz CT molecular complexity index is 698. The van der Waals surface area contributed by atoms with Gasteiger partial charge in [0.05, 0.1) is 12.2 Å². The maximum atomic E-state index is 14.1. The molecule has 0 amide bonds. The van der Waals surface area contributed by atoms with Crippen molar-refractivity contribution in [3.05, 3.63) is 52.8 Å². The summed E-state index contributed by atoms with van der Waals surface area (Å²) in [6.07, 6.45) is 0. The third-order valence-electron chi connectivity index (χ3n) is 3.69. The lowest BCUT2D eigenvalue weighted by Crippen LogP contribution is -2.46. The van der Waals surface area contributed by atoms with E-state index in [-0.39, 0.29) is 5.82 Å². The van der Waals surface area contributed by atoms with Crippen molar-refractivity contribution in [1.29, 1.82) is 0 Å². The molecule has 0 radical (unpaired) electrons. The van der Waals surface area contributed by atoms with E-state index in [1.807, 2.05) is 26.0 Å². The number of fused-ring (bicyclic) bond motifs is 1. The van der Waals surface area contributed by atoms with Crippen LogP contribution in [0.15, 0.2) is 36.4 Å². The molecule has 5 heteroatoms. The summed E-state index contributed by atoms with van der Waals surface area (Å²) >= 11 is 6.15. The lowest BCUT2D eigenvalue weighted by molar-refractivity contribution is 0.104. The third kappa shape index (κ3) is 2.83. The molecule has 2 N–H and O–H groups in total. The molecule has 3 rings (SSSR count). The van der Waals surface area contributed by atoms with E-state index in [2.05, 4.69) is 4.90 Å². The number of nitrogens with zero attached hydrogens (tertiary/aromatic N) is 1. The normalized spacial score (nSPS) is 16.1. The summed E-state index contributed by atoms with van der Waals surface area (Å²) in [4.78, 5) is 2.07. The molecule has 0 spiro atoms. The monoisotopic (exact) mass is 320 g/mol. The summed E-state index contributed by atoms with van der Waals surface area (Å²) in [5.41, 5.74) is 7.47. The summed E-state index contributed by atoms with van der Waals surface area (Å²) in [5.74, 6) is 0.414. The van der Waals surface area contributed by atoms with Crippen molar-refractivity contribution in [2.75, 3.05) is 17.2 Å². The van der Waals surface area contributed by atoms with Gasteiger partial charge in [0.2, 0.25) is 0 Å². The molecular formula is C17H18ClFN2O. The number of anilines is 2. The highest BCUT2D eigenvalue weighted by Crippen LogP contribution is 2.39. The Morgan fingerprint density at radius 3 is 2.82 bits per heavy atom. The lowest BCUT2D eigenvalue weighted by atomic mass is 10.0. The van der Waals surface area contributed by atoms with Gasteiger partial charge >= 0.3 is 0 Å². The highest BCUT2D eigenvalue weighted by Gasteiger charge is 2.32. The van der Waals surface area contributed by atoms with Gasteiger partial charge in [-0.15, -0.1) is 0 Å². The minimum Gasteiger partial charge on any atom is -0.484 e. The van der Waals surface area contributed by atoms with Crippen molar-refractivity contribution in [3.8, 4) is 5.75 Å². The zero-order valence-electron chi connectivity index (χ0n) is 12.6. The number of hydrogen-bond acceptors (Lipinski definition) is 3. The minimum absolute atomic E-state index is 0.297. The number of hydrogen-bond donors (Lipinski definition) is 1. The number of nitrogen functional groups attached to an aromatic ring is 1. The number of rotatable bonds is 2. The van der Waals surface area contributed by atoms with Crippen molar-refractivity contribution in [2.24, 2.45) is 0 Å². The van der Waals surface area contributed by atoms with Gasteiger partial charge in [-0.3, -0.25) is 0 Å². The summed E-state index contributed by atoms with van der Waals surface area (Å²) in [6, 6.07) is 10.3. The number of nitrogens with two attached hydrogens (primary N) is 1. The van der Waals surface area contributed by atoms with Crippen LogP contribution >= 0.6 is 11.6 Å². The smallest absolute Gasteiger partial charge is 0.145 e. The molecule has 0 saturated carbocycles. The first-order chi connectivity index (χ1) is 10.4. The fraction of sp³-hybridized carbons (Fsp3) is 0.294. The summed E-state index contributed by atoms with van der Waals surface area (Å²) in [5, 5.41) is 0.432. The first-order valence-corrected chi connectivity index (χ1v) is 7.50. The van der Waals surface area contributed by atoms with E-state index >= 15 is 0 Å². The van der Waals surface area contributed by atoms with Crippen LogP contribution in [0.5, 0.6) is 5.75 Å². The van der Waals surface area contributed by atoms with E-state index in [9.17, 15) is 4.39 Å². The summed E-state index contributed by atoms with van der Waals surface area (Å²) < 4.78 is 20.1. The Hall–Kier alpha value is -1.94. The van der Waals surface area contributed by atoms with Crippen LogP contribution in [-0.4, -0.2) is 12.1 Å². The fourth-order valence-corrected chi connectivity index (χ4v) is 2.99. The van der Waals surface area contributed by atoms with E-state index in [1.54, 1.807) is 18.2 Å². The molecule has 0 bridgehead atoms. The quantitative estimate of drug-likeness (QED) is 0.841. The Morgan fingerprint density at radius 2 is 2.09 bits per heavy atom. The van der Waals surface area contributed by atoms with Crippen LogP contribution in [0.1, 0.15) is 19.4 Å². The summed E-state index contributed by atoms with van der Waals surface area (Å²) in [6.45, 7) is 5.01. The van der Waals surface area contributed by atoms with Crippen LogP contribution in [0.4, 0.5) is 15.8 Å². The molecule has 0 atom stereocenters. The van der Waals surface area contributed by atoms with Crippen LogP contribution in [-0.2, 0) is 6.54 Å². The Labute approximate surface area is 134 Å². The molecule has 116 valence electrons. The first-order valence-electron chi connectivity index (χ1n) is 7.12. The van der Waals surface area contributed by atoms with Gasteiger partial charge in [-0.05, 0) is 38.1 Å². The number of halogens is 2. The molecule has 1 aliphatic heterocycles. The van der Waals surface area contributed by atoms with Crippen LogP contribution in [0, 0.1) is 5.82 Å². The second-order valence-electron chi connectivity index (χ2n) is 6.15. The highest BCUT2D eigenvalue weighted by atomic mass is 35.5. The third-order valence-corrected chi connectivity index (χ3v) is 4.05. The topological polar surface area (TPSA) is 38.5 Å². The largest absolute Gasteiger partial charge is 0.484 e. The van der Waals surface area contributed by atoms with Crippen molar-refractivity contribution < 1.29 is 9.13 Å². The molecule has 2 aromatic rings. The Morgan fingerprint density at radius 1 is 1.32 bits per heavy atom. The zero-order chi connectivity index (χ0) is 15.9. The van der Waals surface area contributed by atoms with E-state index in [1.165, 1.54) is 6.07 Å². The standard InChI is InChI=1S/C17H18ClFN2O/c1-17(2)10-21(9-12-13(18)4-3-5-14(12)19)15-7-6-11(20)8-16(15)22-17/h3-8H,9-10,20H2,1-2H3. The minimum atomic E-state index is -0.390. The van der Waals surface area contributed by atoms with Gasteiger partial charge in [0.1, 0.15) is 17.2 Å². The molecule has 3 nitrogen and oxygen atoms in total. The maximum absolute atomic E-state index is 14.1. The van der Waals surface area contributed by atoms with Gasteiger partial charge in [0, 0.05) is 28.9 Å². The van der Waals surface area contributed by atoms with Gasteiger partial charge in [0.25, 0.3) is 0 Å². The number of ether oxygens (including phenoxy) is 1. The average Bonchev–Trinajstić information content (AvgIpc) is 2.41. The molecule has 0 unspecified atom stereocenters. The number of benzene rings is 2. The Balaban J connectivity index is 2.01.